The third kappa shape index (κ3) is 4.95. The third-order valence-corrected chi connectivity index (χ3v) is 5.10. The van der Waals surface area contributed by atoms with Crippen LogP contribution in [0.1, 0.15) is 41.6 Å². The normalized spacial score (nSPS) is 22.6. The highest BCUT2D eigenvalue weighted by Gasteiger charge is 2.27. The van der Waals surface area contributed by atoms with Gasteiger partial charge in [-0.2, -0.15) is 0 Å². The zero-order valence-electron chi connectivity index (χ0n) is 15.1. The van der Waals surface area contributed by atoms with Gasteiger partial charge in [-0.1, -0.05) is 6.07 Å². The molecule has 1 aromatic carbocycles. The smallest absolute Gasteiger partial charge is 0.256 e. The van der Waals surface area contributed by atoms with Gasteiger partial charge in [0.25, 0.3) is 5.91 Å². The Bertz CT molecular complexity index is 650. The number of halogens is 2. The molecule has 0 spiro atoms. The first-order chi connectivity index (χ1) is 12.0. The molecule has 1 aromatic rings. The molecule has 2 aliphatic heterocycles. The van der Waals surface area contributed by atoms with Gasteiger partial charge in [0.2, 0.25) is 5.91 Å². The van der Waals surface area contributed by atoms with Crippen LogP contribution in [0.2, 0.25) is 0 Å². The lowest BCUT2D eigenvalue weighted by atomic mass is 9.97. The van der Waals surface area contributed by atoms with Crippen LogP contribution in [0, 0.1) is 18.7 Å². The van der Waals surface area contributed by atoms with Gasteiger partial charge in [-0.15, -0.1) is 12.4 Å². The van der Waals surface area contributed by atoms with Crippen molar-refractivity contribution in [2.45, 2.75) is 38.6 Å². The number of hydrogen-bond acceptors (Lipinski definition) is 3. The Morgan fingerprint density at radius 2 is 2.12 bits per heavy atom. The first kappa shape index (κ1) is 20.6. The van der Waals surface area contributed by atoms with Crippen molar-refractivity contribution in [1.82, 2.24) is 15.5 Å². The molecule has 5 nitrogen and oxygen atoms in total. The highest BCUT2D eigenvalue weighted by atomic mass is 35.5. The van der Waals surface area contributed by atoms with Crippen LogP contribution in [0.3, 0.4) is 0 Å². The molecule has 3 rings (SSSR count). The van der Waals surface area contributed by atoms with Crippen molar-refractivity contribution in [2.75, 3.05) is 26.2 Å². The summed E-state index contributed by atoms with van der Waals surface area (Å²) in [7, 11) is 0. The number of nitrogens with one attached hydrogen (secondary N) is 2. The van der Waals surface area contributed by atoms with Gasteiger partial charge in [-0.05, 0) is 62.8 Å². The predicted octanol–water partition coefficient (Wildman–Crippen LogP) is 2.28. The maximum Gasteiger partial charge on any atom is 0.256 e. The van der Waals surface area contributed by atoms with E-state index in [1.54, 1.807) is 24.0 Å². The van der Waals surface area contributed by atoms with E-state index >= 15 is 0 Å². The third-order valence-electron chi connectivity index (χ3n) is 5.10. The molecule has 2 heterocycles. The summed E-state index contributed by atoms with van der Waals surface area (Å²) in [4.78, 5) is 26.4. The second kappa shape index (κ2) is 9.33. The van der Waals surface area contributed by atoms with E-state index in [0.29, 0.717) is 19.6 Å². The van der Waals surface area contributed by atoms with Crippen LogP contribution in [-0.4, -0.2) is 48.9 Å². The molecule has 0 aliphatic carbocycles. The highest BCUT2D eigenvalue weighted by Crippen LogP contribution is 2.20. The summed E-state index contributed by atoms with van der Waals surface area (Å²) in [5.41, 5.74) is 0.930. The number of hydrogen-bond donors (Lipinski definition) is 2. The van der Waals surface area contributed by atoms with Gasteiger partial charge >= 0.3 is 0 Å². The molecule has 2 aliphatic rings. The molecule has 2 unspecified atom stereocenters. The average Bonchev–Trinajstić information content (AvgIpc) is 3.14. The fourth-order valence-corrected chi connectivity index (χ4v) is 3.66. The summed E-state index contributed by atoms with van der Waals surface area (Å²) >= 11 is 0. The van der Waals surface area contributed by atoms with E-state index < -0.39 is 5.82 Å². The minimum absolute atomic E-state index is 0. The second-order valence-corrected chi connectivity index (χ2v) is 7.14. The van der Waals surface area contributed by atoms with E-state index in [-0.39, 0.29) is 41.7 Å². The molecule has 0 bridgehead atoms. The summed E-state index contributed by atoms with van der Waals surface area (Å²) in [5, 5.41) is 6.18. The van der Waals surface area contributed by atoms with E-state index in [9.17, 15) is 14.0 Å². The van der Waals surface area contributed by atoms with E-state index in [4.69, 9.17) is 0 Å². The predicted molar refractivity (Wildman–Crippen MR) is 101 cm³/mol. The van der Waals surface area contributed by atoms with Crippen LogP contribution < -0.4 is 10.6 Å². The van der Waals surface area contributed by atoms with Crippen LogP contribution in [0.25, 0.3) is 0 Å². The van der Waals surface area contributed by atoms with E-state index in [0.717, 1.165) is 37.8 Å². The first-order valence-corrected chi connectivity index (χ1v) is 9.11. The molecular weight excluding hydrogens is 357 g/mol. The average molecular weight is 384 g/mol. The van der Waals surface area contributed by atoms with Crippen LogP contribution >= 0.6 is 12.4 Å². The van der Waals surface area contributed by atoms with Crippen molar-refractivity contribution in [1.29, 1.82) is 0 Å². The summed E-state index contributed by atoms with van der Waals surface area (Å²) < 4.78 is 14.1. The van der Waals surface area contributed by atoms with Crippen LogP contribution in [0.5, 0.6) is 0 Å². The second-order valence-electron chi connectivity index (χ2n) is 7.14. The van der Waals surface area contributed by atoms with Crippen LogP contribution in [-0.2, 0) is 4.79 Å². The lowest BCUT2D eigenvalue weighted by Gasteiger charge is -2.33. The minimum Gasteiger partial charge on any atom is -0.354 e. The zero-order chi connectivity index (χ0) is 17.8. The lowest BCUT2D eigenvalue weighted by molar-refractivity contribution is -0.123. The molecule has 7 heteroatoms. The first-order valence-electron chi connectivity index (χ1n) is 9.11. The summed E-state index contributed by atoms with van der Waals surface area (Å²) in [6.45, 7) is 4.46. The van der Waals surface area contributed by atoms with E-state index in [1.165, 1.54) is 6.07 Å². The Balaban J connectivity index is 0.00000243. The van der Waals surface area contributed by atoms with E-state index in [1.807, 2.05) is 0 Å². The van der Waals surface area contributed by atoms with Gasteiger partial charge in [-0.25, -0.2) is 4.39 Å². The monoisotopic (exact) mass is 383 g/mol. The molecule has 2 N–H and O–H groups in total. The van der Waals surface area contributed by atoms with E-state index in [2.05, 4.69) is 10.6 Å². The minimum atomic E-state index is -0.465. The van der Waals surface area contributed by atoms with Gasteiger partial charge < -0.3 is 15.5 Å². The lowest BCUT2D eigenvalue weighted by Crippen LogP contribution is -2.46. The molecule has 2 fully saturated rings. The molecule has 2 amide bonds. The van der Waals surface area contributed by atoms with Crippen molar-refractivity contribution >= 4 is 24.2 Å². The Labute approximate surface area is 160 Å². The van der Waals surface area contributed by atoms with Gasteiger partial charge in [0.05, 0.1) is 11.6 Å². The van der Waals surface area contributed by atoms with Gasteiger partial charge in [0.1, 0.15) is 5.82 Å². The number of aryl methyl sites for hydroxylation is 1. The SMILES string of the molecule is Cc1ccc(C(=O)N2CCCC(CNC(=O)C3CCCN3)C2)c(F)c1.Cl. The quantitative estimate of drug-likeness (QED) is 0.838. The van der Waals surface area contributed by atoms with Gasteiger partial charge in [0, 0.05) is 19.6 Å². The van der Waals surface area contributed by atoms with Crippen LogP contribution in [0.15, 0.2) is 18.2 Å². The molecular formula is C19H27ClFN3O2. The fraction of sp³-hybridized carbons (Fsp3) is 0.579. The maximum absolute atomic E-state index is 14.1. The number of nitrogens with zero attached hydrogens (tertiary/aromatic N) is 1. The molecule has 26 heavy (non-hydrogen) atoms. The van der Waals surface area contributed by atoms with Gasteiger partial charge in [0.15, 0.2) is 0 Å². The topological polar surface area (TPSA) is 61.4 Å². The highest BCUT2D eigenvalue weighted by molar-refractivity contribution is 5.94. The maximum atomic E-state index is 14.1. The van der Waals surface area contributed by atoms with Crippen LogP contribution in [0.4, 0.5) is 4.39 Å². The molecule has 2 saturated heterocycles. The summed E-state index contributed by atoms with van der Waals surface area (Å²) in [6, 6.07) is 4.63. The largest absolute Gasteiger partial charge is 0.354 e. The zero-order valence-corrected chi connectivity index (χ0v) is 15.9. The molecule has 0 saturated carbocycles. The van der Waals surface area contributed by atoms with Crippen molar-refractivity contribution in [3.05, 3.63) is 35.1 Å². The Morgan fingerprint density at radius 3 is 2.81 bits per heavy atom. The number of rotatable bonds is 4. The fourth-order valence-electron chi connectivity index (χ4n) is 3.66. The number of carbonyl (C=O) groups excluding carboxylic acids is 2. The Hall–Kier alpha value is -1.66. The van der Waals surface area contributed by atoms with Crippen molar-refractivity contribution < 1.29 is 14.0 Å². The summed E-state index contributed by atoms with van der Waals surface area (Å²) in [5.74, 6) is -0.458. The Kier molecular flexibility index (Phi) is 7.41. The standard InChI is InChI=1S/C19H26FN3O2.ClH/c1-13-6-7-15(16(20)10-13)19(25)23-9-3-4-14(12-23)11-22-18(24)17-5-2-8-21-17;/h6-7,10,14,17,21H,2-5,8-9,11-12H2,1H3,(H,22,24);1H. The number of carbonyl (C=O) groups is 2. The number of piperidine rings is 1. The number of likely N-dealkylation sites (tertiary alicyclic amines) is 1. The van der Waals surface area contributed by atoms with Crippen molar-refractivity contribution in [3.8, 4) is 0 Å². The number of benzene rings is 1. The Morgan fingerprint density at radius 1 is 1.31 bits per heavy atom. The van der Waals surface area contributed by atoms with Gasteiger partial charge in [-0.3, -0.25) is 9.59 Å². The molecule has 144 valence electrons. The number of amides is 2. The van der Waals surface area contributed by atoms with Crippen molar-refractivity contribution in [3.63, 3.8) is 0 Å². The molecule has 0 radical (unpaired) electrons. The van der Waals surface area contributed by atoms with Crippen molar-refractivity contribution in [2.24, 2.45) is 5.92 Å². The summed E-state index contributed by atoms with van der Waals surface area (Å²) in [6.07, 6.45) is 3.76. The molecule has 0 aromatic heterocycles. The molecule has 2 atom stereocenters.